The summed E-state index contributed by atoms with van der Waals surface area (Å²) in [6, 6.07) is 20.2. The Hall–Kier alpha value is -4.11. The minimum Gasteiger partial charge on any atom is -0.507 e. The lowest BCUT2D eigenvalue weighted by Gasteiger charge is -2.12. The van der Waals surface area contributed by atoms with Crippen molar-refractivity contribution in [2.45, 2.75) is 6.92 Å². The topological polar surface area (TPSA) is 114 Å². The molecule has 0 aliphatic heterocycles. The molecule has 8 nitrogen and oxygen atoms in total. The number of amides is 2. The van der Waals surface area contributed by atoms with Crippen molar-refractivity contribution >= 4 is 39.8 Å². The number of esters is 1. The van der Waals surface area contributed by atoms with E-state index in [1.807, 2.05) is 24.3 Å². The molecule has 3 aromatic rings. The van der Waals surface area contributed by atoms with Gasteiger partial charge in [-0.25, -0.2) is 0 Å². The number of para-hydroxylation sites is 2. The second-order valence-corrected chi connectivity index (χ2v) is 7.97. The van der Waals surface area contributed by atoms with Gasteiger partial charge in [0.1, 0.15) is 29.5 Å². The van der Waals surface area contributed by atoms with Crippen molar-refractivity contribution in [3.05, 3.63) is 94.1 Å². The molecule has 0 unspecified atom stereocenters. The molecule has 2 amide bonds. The van der Waals surface area contributed by atoms with Gasteiger partial charge in [0.05, 0.1) is 16.6 Å². The number of aromatic hydroxyl groups is 1. The van der Waals surface area contributed by atoms with Crippen molar-refractivity contribution in [3.63, 3.8) is 0 Å². The van der Waals surface area contributed by atoms with Crippen LogP contribution in [0.4, 0.5) is 0 Å². The number of hydrogen-bond acceptors (Lipinski definition) is 6. The molecule has 0 aliphatic rings. The van der Waals surface area contributed by atoms with Gasteiger partial charge >= 0.3 is 5.97 Å². The molecule has 0 aliphatic carbocycles. The number of nitrogens with one attached hydrogen (secondary N) is 2. The summed E-state index contributed by atoms with van der Waals surface area (Å²) in [4.78, 5) is 37.1. The van der Waals surface area contributed by atoms with Crippen molar-refractivity contribution in [1.29, 1.82) is 0 Å². The molecule has 9 heteroatoms. The molecule has 0 saturated carbocycles. The SMILES string of the molecule is CCOC(=O)CNC(=O)C(=Cc1ccc(Oc2ccccc2Br)cc1)NC(=O)c1ccccc1O. The Bertz CT molecular complexity index is 1240. The first kappa shape index (κ1) is 25.5. The lowest BCUT2D eigenvalue weighted by molar-refractivity contribution is -0.143. The summed E-state index contributed by atoms with van der Waals surface area (Å²) in [7, 11) is 0. The molecule has 180 valence electrons. The molecular weight excluding hydrogens is 516 g/mol. The van der Waals surface area contributed by atoms with Crippen molar-refractivity contribution < 1.29 is 29.0 Å². The fourth-order valence-corrected chi connectivity index (χ4v) is 3.29. The van der Waals surface area contributed by atoms with Crippen LogP contribution in [0.2, 0.25) is 0 Å². The van der Waals surface area contributed by atoms with Gasteiger partial charge in [-0.3, -0.25) is 14.4 Å². The first-order chi connectivity index (χ1) is 16.9. The molecule has 0 radical (unpaired) electrons. The molecule has 0 saturated heterocycles. The Labute approximate surface area is 210 Å². The standard InChI is InChI=1S/C26H23BrN2O6/c1-2-34-24(31)16-28-26(33)21(29-25(32)19-7-3-5-9-22(19)30)15-17-11-13-18(14-12-17)35-23-10-6-4-8-20(23)27/h3-15,30H,2,16H2,1H3,(H,28,33)(H,29,32). The van der Waals surface area contributed by atoms with Gasteiger partial charge in [0.2, 0.25) is 0 Å². The van der Waals surface area contributed by atoms with E-state index < -0.39 is 17.8 Å². The second-order valence-electron chi connectivity index (χ2n) is 7.12. The van der Waals surface area contributed by atoms with Crippen LogP contribution in [0.3, 0.4) is 0 Å². The average Bonchev–Trinajstić information content (AvgIpc) is 2.85. The zero-order valence-electron chi connectivity index (χ0n) is 18.8. The van der Waals surface area contributed by atoms with Gasteiger partial charge in [-0.15, -0.1) is 0 Å². The van der Waals surface area contributed by atoms with E-state index >= 15 is 0 Å². The van der Waals surface area contributed by atoms with Crippen LogP contribution in [0, 0.1) is 0 Å². The van der Waals surface area contributed by atoms with Gasteiger partial charge in [-0.05, 0) is 70.9 Å². The first-order valence-electron chi connectivity index (χ1n) is 10.6. The van der Waals surface area contributed by atoms with Crippen LogP contribution in [-0.4, -0.2) is 36.0 Å². The molecular formula is C26H23BrN2O6. The van der Waals surface area contributed by atoms with Crippen LogP contribution in [0.15, 0.2) is 83.0 Å². The number of rotatable bonds is 9. The smallest absolute Gasteiger partial charge is 0.325 e. The van der Waals surface area contributed by atoms with Gasteiger partial charge in [-0.2, -0.15) is 0 Å². The molecule has 3 rings (SSSR count). The lowest BCUT2D eigenvalue weighted by Crippen LogP contribution is -2.37. The highest BCUT2D eigenvalue weighted by Gasteiger charge is 2.18. The highest BCUT2D eigenvalue weighted by Crippen LogP contribution is 2.29. The third-order valence-corrected chi connectivity index (χ3v) is 5.25. The van der Waals surface area contributed by atoms with E-state index in [1.54, 1.807) is 43.3 Å². The highest BCUT2D eigenvalue weighted by molar-refractivity contribution is 9.10. The summed E-state index contributed by atoms with van der Waals surface area (Å²) >= 11 is 3.43. The molecule has 3 N–H and O–H groups in total. The van der Waals surface area contributed by atoms with E-state index in [0.717, 1.165) is 4.47 Å². The molecule has 0 fully saturated rings. The number of carbonyl (C=O) groups is 3. The van der Waals surface area contributed by atoms with Gasteiger partial charge in [0.25, 0.3) is 11.8 Å². The number of ether oxygens (including phenoxy) is 2. The molecule has 3 aromatic carbocycles. The van der Waals surface area contributed by atoms with Crippen molar-refractivity contribution in [3.8, 4) is 17.2 Å². The number of benzene rings is 3. The fraction of sp³-hybridized carbons (Fsp3) is 0.115. The quantitative estimate of drug-likeness (QED) is 0.275. The first-order valence-corrected chi connectivity index (χ1v) is 11.4. The zero-order valence-corrected chi connectivity index (χ0v) is 20.4. The van der Waals surface area contributed by atoms with E-state index in [4.69, 9.17) is 9.47 Å². The van der Waals surface area contributed by atoms with Gasteiger partial charge in [0, 0.05) is 0 Å². The highest BCUT2D eigenvalue weighted by atomic mass is 79.9. The summed E-state index contributed by atoms with van der Waals surface area (Å²) in [5, 5.41) is 14.9. The van der Waals surface area contributed by atoms with Crippen molar-refractivity contribution in [2.24, 2.45) is 0 Å². The largest absolute Gasteiger partial charge is 0.507 e. The van der Waals surface area contributed by atoms with Crippen molar-refractivity contribution in [1.82, 2.24) is 10.6 Å². The Balaban J connectivity index is 1.81. The number of hydrogen-bond donors (Lipinski definition) is 3. The van der Waals surface area contributed by atoms with Crippen LogP contribution >= 0.6 is 15.9 Å². The van der Waals surface area contributed by atoms with Crippen LogP contribution in [0.25, 0.3) is 6.08 Å². The minimum absolute atomic E-state index is 0.00576. The summed E-state index contributed by atoms with van der Waals surface area (Å²) in [5.41, 5.74) is 0.458. The Morgan fingerprint density at radius 3 is 2.34 bits per heavy atom. The van der Waals surface area contributed by atoms with Crippen LogP contribution in [0.1, 0.15) is 22.8 Å². The third kappa shape index (κ3) is 7.44. The van der Waals surface area contributed by atoms with E-state index in [1.165, 1.54) is 18.2 Å². The van der Waals surface area contributed by atoms with Crippen LogP contribution < -0.4 is 15.4 Å². The molecule has 35 heavy (non-hydrogen) atoms. The summed E-state index contributed by atoms with van der Waals surface area (Å²) in [6.45, 7) is 1.46. The lowest BCUT2D eigenvalue weighted by atomic mass is 10.1. The number of halogens is 1. The Morgan fingerprint density at radius 2 is 1.66 bits per heavy atom. The minimum atomic E-state index is -0.699. The number of carbonyl (C=O) groups excluding carboxylic acids is 3. The number of phenols is 1. The maximum Gasteiger partial charge on any atom is 0.325 e. The van der Waals surface area contributed by atoms with Gasteiger partial charge < -0.3 is 25.2 Å². The van der Waals surface area contributed by atoms with Crippen LogP contribution in [-0.2, 0) is 14.3 Å². The average molecular weight is 539 g/mol. The van der Waals surface area contributed by atoms with E-state index in [-0.39, 0.29) is 30.2 Å². The Morgan fingerprint density at radius 1 is 0.971 bits per heavy atom. The summed E-state index contributed by atoms with van der Waals surface area (Å²) in [5.74, 6) is -1.01. The second kappa shape index (κ2) is 12.4. The summed E-state index contributed by atoms with van der Waals surface area (Å²) in [6.07, 6.45) is 1.45. The maximum atomic E-state index is 12.8. The van der Waals surface area contributed by atoms with E-state index in [9.17, 15) is 19.5 Å². The Kier molecular flexibility index (Phi) is 9.02. The fourth-order valence-electron chi connectivity index (χ4n) is 2.93. The zero-order chi connectivity index (χ0) is 25.2. The molecule has 0 heterocycles. The van der Waals surface area contributed by atoms with Gasteiger partial charge in [-0.1, -0.05) is 36.4 Å². The summed E-state index contributed by atoms with van der Waals surface area (Å²) < 4.78 is 11.5. The van der Waals surface area contributed by atoms with E-state index in [2.05, 4.69) is 26.6 Å². The normalized spacial score (nSPS) is 10.9. The third-order valence-electron chi connectivity index (χ3n) is 4.60. The molecule has 0 atom stereocenters. The predicted octanol–water partition coefficient (Wildman–Crippen LogP) is 4.40. The van der Waals surface area contributed by atoms with Crippen LogP contribution in [0.5, 0.6) is 17.2 Å². The maximum absolute atomic E-state index is 12.8. The van der Waals surface area contributed by atoms with E-state index in [0.29, 0.717) is 17.1 Å². The van der Waals surface area contributed by atoms with Gasteiger partial charge in [0.15, 0.2) is 0 Å². The molecule has 0 bridgehead atoms. The molecule has 0 aromatic heterocycles. The monoisotopic (exact) mass is 538 g/mol. The molecule has 0 spiro atoms. The number of phenolic OH excluding ortho intramolecular Hbond substituents is 1. The predicted molar refractivity (Wildman–Crippen MR) is 134 cm³/mol. The van der Waals surface area contributed by atoms with Crippen molar-refractivity contribution in [2.75, 3.05) is 13.2 Å².